The normalized spacial score (nSPS) is 13.1. The van der Waals surface area contributed by atoms with Crippen LogP contribution < -0.4 is 20.1 Å². The maximum absolute atomic E-state index is 13.2. The summed E-state index contributed by atoms with van der Waals surface area (Å²) >= 11 is 0. The van der Waals surface area contributed by atoms with Crippen LogP contribution >= 0.6 is 0 Å². The third kappa shape index (κ3) is 4.40. The van der Waals surface area contributed by atoms with E-state index in [1.807, 2.05) is 11.9 Å². The van der Waals surface area contributed by atoms with Crippen LogP contribution in [0.3, 0.4) is 0 Å². The summed E-state index contributed by atoms with van der Waals surface area (Å²) in [7, 11) is 1.93. The van der Waals surface area contributed by atoms with Crippen LogP contribution in [0.25, 0.3) is 0 Å². The van der Waals surface area contributed by atoms with Gasteiger partial charge in [0.1, 0.15) is 11.6 Å². The van der Waals surface area contributed by atoms with Crippen LogP contribution in [0.15, 0.2) is 47.4 Å². The first kappa shape index (κ1) is 19.8. The largest absolute Gasteiger partial charge is 0.477 e. The van der Waals surface area contributed by atoms with Gasteiger partial charge >= 0.3 is 5.69 Å². The molecular weight excluding hydrogens is 394 g/mol. The smallest absolute Gasteiger partial charge is 0.352 e. The minimum atomic E-state index is -0.983. The Morgan fingerprint density at radius 3 is 2.70 bits per heavy atom. The van der Waals surface area contributed by atoms with E-state index in [4.69, 9.17) is 9.47 Å². The quantitative estimate of drug-likeness (QED) is 0.617. The fourth-order valence-electron chi connectivity index (χ4n) is 3.21. The summed E-state index contributed by atoms with van der Waals surface area (Å²) in [5.74, 6) is -0.399. The molecule has 30 heavy (non-hydrogen) atoms. The van der Waals surface area contributed by atoms with Crippen LogP contribution in [-0.4, -0.2) is 34.7 Å². The first-order chi connectivity index (χ1) is 14.5. The van der Waals surface area contributed by atoms with Gasteiger partial charge in [-0.25, -0.2) is 18.6 Å². The fourth-order valence-corrected chi connectivity index (χ4v) is 3.21. The molecule has 9 heteroatoms. The van der Waals surface area contributed by atoms with Gasteiger partial charge in [-0.3, -0.25) is 4.57 Å². The number of hydrogen-bond donors (Lipinski definition) is 0. The third-order valence-corrected chi connectivity index (χ3v) is 4.78. The molecule has 156 valence electrons. The third-order valence-electron chi connectivity index (χ3n) is 4.78. The van der Waals surface area contributed by atoms with Crippen LogP contribution in [0.5, 0.6) is 17.5 Å². The Bertz CT molecular complexity index is 1100. The Hall–Kier alpha value is -3.49. The molecule has 0 radical (unpaired) electrons. The van der Waals surface area contributed by atoms with Gasteiger partial charge in [-0.15, -0.1) is 0 Å². The lowest BCUT2D eigenvalue weighted by Crippen LogP contribution is -2.36. The molecule has 0 saturated heterocycles. The molecule has 7 nitrogen and oxygen atoms in total. The molecule has 0 spiro atoms. The molecule has 0 atom stereocenters. The standard InChI is InChI=1S/C21H20F2N4O3/c1-26-8-2-9-27-20(26)12-19(25-21(27)28)29-10-7-14-3-6-18(24-13-14)30-15-4-5-16(22)17(23)11-15/h3-6,11-13H,2,7-10H2,1H3. The molecule has 0 amide bonds. The Kier molecular flexibility index (Phi) is 5.60. The van der Waals surface area contributed by atoms with Gasteiger partial charge in [-0.1, -0.05) is 6.07 Å². The van der Waals surface area contributed by atoms with Crippen molar-refractivity contribution in [3.05, 3.63) is 70.3 Å². The van der Waals surface area contributed by atoms with Crippen molar-refractivity contribution in [3.8, 4) is 17.5 Å². The molecule has 0 saturated carbocycles. The van der Waals surface area contributed by atoms with Crippen molar-refractivity contribution < 1.29 is 18.3 Å². The van der Waals surface area contributed by atoms with Gasteiger partial charge in [0, 0.05) is 51.0 Å². The topological polar surface area (TPSA) is 69.5 Å². The van der Waals surface area contributed by atoms with Gasteiger partial charge < -0.3 is 14.4 Å². The van der Waals surface area contributed by atoms with E-state index in [9.17, 15) is 13.6 Å². The van der Waals surface area contributed by atoms with E-state index in [-0.39, 0.29) is 17.3 Å². The molecule has 3 heterocycles. The Balaban J connectivity index is 1.34. The maximum atomic E-state index is 13.2. The van der Waals surface area contributed by atoms with E-state index in [2.05, 4.69) is 9.97 Å². The number of anilines is 1. The predicted octanol–water partition coefficient (Wildman–Crippen LogP) is 3.17. The number of benzene rings is 1. The van der Waals surface area contributed by atoms with E-state index in [0.29, 0.717) is 25.5 Å². The van der Waals surface area contributed by atoms with Crippen molar-refractivity contribution >= 4 is 5.82 Å². The average Bonchev–Trinajstić information content (AvgIpc) is 2.73. The number of halogens is 2. The number of hydrogen-bond acceptors (Lipinski definition) is 6. The van der Waals surface area contributed by atoms with Crippen LogP contribution in [0.4, 0.5) is 14.6 Å². The van der Waals surface area contributed by atoms with Crippen molar-refractivity contribution in [1.29, 1.82) is 0 Å². The molecular formula is C21H20F2N4O3. The van der Waals surface area contributed by atoms with Crippen molar-refractivity contribution in [2.24, 2.45) is 0 Å². The zero-order chi connectivity index (χ0) is 21.1. The SMILES string of the molecule is CN1CCCn2c1cc(OCCc1ccc(Oc3ccc(F)c(F)c3)nc1)nc2=O. The molecule has 0 N–H and O–H groups in total. The van der Waals surface area contributed by atoms with Gasteiger partial charge in [-0.05, 0) is 24.1 Å². The summed E-state index contributed by atoms with van der Waals surface area (Å²) in [4.78, 5) is 22.3. The van der Waals surface area contributed by atoms with Crippen LogP contribution in [0.2, 0.25) is 0 Å². The van der Waals surface area contributed by atoms with Crippen LogP contribution in [0, 0.1) is 11.6 Å². The number of fused-ring (bicyclic) bond motifs is 1. The number of nitrogens with zero attached hydrogens (tertiary/aromatic N) is 4. The molecule has 0 fully saturated rings. The summed E-state index contributed by atoms with van der Waals surface area (Å²) < 4.78 is 39.0. The molecule has 4 rings (SSSR count). The van der Waals surface area contributed by atoms with Crippen molar-refractivity contribution in [2.45, 2.75) is 19.4 Å². The Labute approximate surface area is 171 Å². The van der Waals surface area contributed by atoms with Crippen molar-refractivity contribution in [1.82, 2.24) is 14.5 Å². The number of ether oxygens (including phenoxy) is 2. The first-order valence-electron chi connectivity index (χ1n) is 9.53. The second-order valence-corrected chi connectivity index (χ2v) is 6.94. The summed E-state index contributed by atoms with van der Waals surface area (Å²) in [5.41, 5.74) is 0.578. The summed E-state index contributed by atoms with van der Waals surface area (Å²) in [5, 5.41) is 0. The maximum Gasteiger partial charge on any atom is 0.352 e. The zero-order valence-electron chi connectivity index (χ0n) is 16.3. The number of rotatable bonds is 6. The monoisotopic (exact) mass is 414 g/mol. The second-order valence-electron chi connectivity index (χ2n) is 6.94. The minimum absolute atomic E-state index is 0.159. The van der Waals surface area contributed by atoms with E-state index in [1.165, 1.54) is 6.07 Å². The molecule has 3 aromatic rings. The van der Waals surface area contributed by atoms with Crippen LogP contribution in [0.1, 0.15) is 12.0 Å². The lowest BCUT2D eigenvalue weighted by atomic mass is 10.2. The number of aromatic nitrogens is 3. The summed E-state index contributed by atoms with van der Waals surface area (Å²) in [6.45, 7) is 1.87. The van der Waals surface area contributed by atoms with Crippen molar-refractivity contribution in [3.63, 3.8) is 0 Å². The van der Waals surface area contributed by atoms with E-state index in [1.54, 1.807) is 29.0 Å². The second kappa shape index (κ2) is 8.48. The average molecular weight is 414 g/mol. The predicted molar refractivity (Wildman–Crippen MR) is 106 cm³/mol. The number of pyridine rings is 1. The summed E-state index contributed by atoms with van der Waals surface area (Å²) in [6, 6.07) is 8.49. The van der Waals surface area contributed by atoms with Gasteiger partial charge in [0.15, 0.2) is 11.6 Å². The lowest BCUT2D eigenvalue weighted by Gasteiger charge is -2.28. The molecule has 0 bridgehead atoms. The van der Waals surface area contributed by atoms with Gasteiger partial charge in [0.25, 0.3) is 0 Å². The highest BCUT2D eigenvalue weighted by molar-refractivity contribution is 5.42. The zero-order valence-corrected chi connectivity index (χ0v) is 16.3. The first-order valence-corrected chi connectivity index (χ1v) is 9.53. The van der Waals surface area contributed by atoms with E-state index < -0.39 is 11.6 Å². The molecule has 2 aromatic heterocycles. The van der Waals surface area contributed by atoms with Gasteiger partial charge in [-0.2, -0.15) is 4.98 Å². The lowest BCUT2D eigenvalue weighted by molar-refractivity contribution is 0.305. The van der Waals surface area contributed by atoms with Gasteiger partial charge in [0.05, 0.1) is 6.61 Å². The molecule has 1 aliphatic heterocycles. The Morgan fingerprint density at radius 2 is 1.93 bits per heavy atom. The minimum Gasteiger partial charge on any atom is -0.477 e. The van der Waals surface area contributed by atoms with Gasteiger partial charge in [0.2, 0.25) is 11.8 Å². The van der Waals surface area contributed by atoms with Crippen molar-refractivity contribution in [2.75, 3.05) is 25.1 Å². The van der Waals surface area contributed by atoms with Crippen LogP contribution in [-0.2, 0) is 13.0 Å². The molecule has 0 unspecified atom stereocenters. The van der Waals surface area contributed by atoms with E-state index >= 15 is 0 Å². The fraction of sp³-hybridized carbons (Fsp3) is 0.286. The summed E-state index contributed by atoms with van der Waals surface area (Å²) in [6.07, 6.45) is 3.07. The highest BCUT2D eigenvalue weighted by Gasteiger charge is 2.17. The molecule has 1 aliphatic rings. The van der Waals surface area contributed by atoms with E-state index in [0.717, 1.165) is 36.5 Å². The highest BCUT2D eigenvalue weighted by atomic mass is 19.2. The Morgan fingerprint density at radius 1 is 1.07 bits per heavy atom. The molecule has 1 aromatic carbocycles. The highest BCUT2D eigenvalue weighted by Crippen LogP contribution is 2.22. The molecule has 0 aliphatic carbocycles.